The Labute approximate surface area is 159 Å². The fourth-order valence-corrected chi connectivity index (χ4v) is 5.92. The van der Waals surface area contributed by atoms with E-state index in [4.69, 9.17) is 16.3 Å². The van der Waals surface area contributed by atoms with E-state index in [1.807, 2.05) is 6.92 Å². The second-order valence-electron chi connectivity index (χ2n) is 7.11. The maximum absolute atomic E-state index is 12.3. The van der Waals surface area contributed by atoms with Crippen molar-refractivity contribution < 1.29 is 17.9 Å². The quantitative estimate of drug-likeness (QED) is 0.815. The first kappa shape index (κ1) is 19.5. The van der Waals surface area contributed by atoms with Gasteiger partial charge in [0, 0.05) is 11.1 Å². The zero-order valence-electron chi connectivity index (χ0n) is 14.9. The van der Waals surface area contributed by atoms with Crippen molar-refractivity contribution in [1.29, 1.82) is 0 Å². The van der Waals surface area contributed by atoms with Crippen LogP contribution in [0.25, 0.3) is 0 Å². The molecule has 2 aliphatic rings. The summed E-state index contributed by atoms with van der Waals surface area (Å²) in [6, 6.07) is 4.69. The lowest BCUT2D eigenvalue weighted by Crippen LogP contribution is -2.53. The van der Waals surface area contributed by atoms with Gasteiger partial charge in [0.25, 0.3) is 5.91 Å². The van der Waals surface area contributed by atoms with E-state index in [0.29, 0.717) is 10.8 Å². The number of hydrogen-bond acceptors (Lipinski definition) is 5. The van der Waals surface area contributed by atoms with E-state index in [2.05, 4.69) is 10.2 Å². The summed E-state index contributed by atoms with van der Waals surface area (Å²) in [5.41, 5.74) is 0.847. The summed E-state index contributed by atoms with van der Waals surface area (Å²) in [7, 11) is -3.13. The summed E-state index contributed by atoms with van der Waals surface area (Å²) in [6.07, 6.45) is 3.34. The van der Waals surface area contributed by atoms with Crippen LogP contribution in [0.5, 0.6) is 5.75 Å². The van der Waals surface area contributed by atoms with Crippen molar-refractivity contribution in [2.75, 3.05) is 31.2 Å². The van der Waals surface area contributed by atoms with Gasteiger partial charge < -0.3 is 10.1 Å². The molecule has 0 aromatic heterocycles. The van der Waals surface area contributed by atoms with E-state index in [0.717, 1.165) is 31.5 Å². The van der Waals surface area contributed by atoms with Crippen molar-refractivity contribution in [3.63, 3.8) is 0 Å². The zero-order valence-corrected chi connectivity index (χ0v) is 16.5. The Morgan fingerprint density at radius 3 is 2.69 bits per heavy atom. The zero-order chi connectivity index (χ0) is 18.7. The molecule has 1 aromatic rings. The van der Waals surface area contributed by atoms with Crippen molar-refractivity contribution >= 4 is 27.3 Å². The normalized spacial score (nSPS) is 25.8. The first-order chi connectivity index (χ1) is 12.3. The van der Waals surface area contributed by atoms with Gasteiger partial charge in [-0.2, -0.15) is 0 Å². The minimum Gasteiger partial charge on any atom is -0.484 e. The smallest absolute Gasteiger partial charge is 0.258 e. The van der Waals surface area contributed by atoms with E-state index < -0.39 is 9.84 Å². The van der Waals surface area contributed by atoms with Crippen LogP contribution in [0.2, 0.25) is 5.02 Å². The Morgan fingerprint density at radius 2 is 2.00 bits per heavy atom. The van der Waals surface area contributed by atoms with E-state index in [1.165, 1.54) is 6.42 Å². The van der Waals surface area contributed by atoms with Crippen LogP contribution in [0.1, 0.15) is 24.8 Å². The lowest BCUT2D eigenvalue weighted by Gasteiger charge is -2.35. The number of sulfone groups is 1. The molecule has 8 heteroatoms. The molecule has 0 saturated carbocycles. The van der Waals surface area contributed by atoms with Gasteiger partial charge in [0.2, 0.25) is 0 Å². The summed E-state index contributed by atoms with van der Waals surface area (Å²) < 4.78 is 29.8. The maximum Gasteiger partial charge on any atom is 0.258 e. The molecule has 1 aromatic carbocycles. The average molecular weight is 401 g/mol. The number of halogens is 1. The number of ether oxygens (including phenoxy) is 1. The molecule has 1 N–H and O–H groups in total. The number of nitrogens with zero attached hydrogens (tertiary/aromatic N) is 1. The number of carbonyl (C=O) groups is 1. The standard InChI is InChI=1S/C18H25ClN2O4S/c1-13-9-14(19)5-6-17(13)25-10-18(22)20-15-11-26(23,24)12-16(15)21-7-3-2-4-8-21/h5-6,9,15-16H,2-4,7-8,10-12H2,1H3,(H,20,22). The molecule has 2 atom stereocenters. The molecule has 0 bridgehead atoms. The third kappa shape index (κ3) is 4.90. The van der Waals surface area contributed by atoms with Crippen LogP contribution in [0.3, 0.4) is 0 Å². The summed E-state index contributed by atoms with van der Waals surface area (Å²) >= 11 is 5.91. The second-order valence-corrected chi connectivity index (χ2v) is 9.70. The van der Waals surface area contributed by atoms with Crippen molar-refractivity contribution in [2.24, 2.45) is 0 Å². The number of aryl methyl sites for hydroxylation is 1. The molecular weight excluding hydrogens is 376 g/mol. The molecular formula is C18H25ClN2O4S. The first-order valence-electron chi connectivity index (χ1n) is 8.97. The molecule has 26 heavy (non-hydrogen) atoms. The predicted octanol–water partition coefficient (Wildman–Crippen LogP) is 1.79. The van der Waals surface area contributed by atoms with E-state index in [9.17, 15) is 13.2 Å². The van der Waals surface area contributed by atoms with Crippen molar-refractivity contribution in [2.45, 2.75) is 38.3 Å². The summed E-state index contributed by atoms with van der Waals surface area (Å²) in [5.74, 6) is 0.411. The molecule has 2 aliphatic heterocycles. The van der Waals surface area contributed by atoms with Gasteiger partial charge in [0.1, 0.15) is 5.75 Å². The number of likely N-dealkylation sites (tertiary alicyclic amines) is 1. The third-order valence-corrected chi connectivity index (χ3v) is 6.98. The van der Waals surface area contributed by atoms with Crippen molar-refractivity contribution in [3.8, 4) is 5.75 Å². The number of carbonyl (C=O) groups excluding carboxylic acids is 1. The number of nitrogens with one attached hydrogen (secondary N) is 1. The van der Waals surface area contributed by atoms with Crippen LogP contribution >= 0.6 is 11.6 Å². The van der Waals surface area contributed by atoms with Crippen LogP contribution in [-0.2, 0) is 14.6 Å². The van der Waals surface area contributed by atoms with E-state index in [-0.39, 0.29) is 36.1 Å². The Bertz CT molecular complexity index is 762. The monoisotopic (exact) mass is 400 g/mol. The second kappa shape index (κ2) is 8.15. The summed E-state index contributed by atoms with van der Waals surface area (Å²) in [6.45, 7) is 3.50. The molecule has 2 saturated heterocycles. The van der Waals surface area contributed by atoms with Gasteiger partial charge in [-0.25, -0.2) is 8.42 Å². The van der Waals surface area contributed by atoms with Gasteiger partial charge in [-0.1, -0.05) is 18.0 Å². The number of benzene rings is 1. The van der Waals surface area contributed by atoms with Crippen molar-refractivity contribution in [1.82, 2.24) is 10.2 Å². The Kier molecular flexibility index (Phi) is 6.10. The SMILES string of the molecule is Cc1cc(Cl)ccc1OCC(=O)NC1CS(=O)(=O)CC1N1CCCCC1. The van der Waals surface area contributed by atoms with Gasteiger partial charge in [-0.15, -0.1) is 0 Å². The minimum atomic E-state index is -3.13. The fraction of sp³-hybridized carbons (Fsp3) is 0.611. The number of amides is 1. The molecule has 2 unspecified atom stereocenters. The lowest BCUT2D eigenvalue weighted by molar-refractivity contribution is -0.124. The molecule has 2 heterocycles. The van der Waals surface area contributed by atoms with Gasteiger partial charge in [-0.05, 0) is 56.6 Å². The number of hydrogen-bond donors (Lipinski definition) is 1. The van der Waals surface area contributed by atoms with Gasteiger partial charge in [0.05, 0.1) is 17.5 Å². The fourth-order valence-electron chi connectivity index (χ4n) is 3.74. The van der Waals surface area contributed by atoms with Crippen LogP contribution in [-0.4, -0.2) is 62.5 Å². The topological polar surface area (TPSA) is 75.7 Å². The van der Waals surface area contributed by atoms with Crippen LogP contribution in [0.4, 0.5) is 0 Å². The number of rotatable bonds is 5. The Hall–Kier alpha value is -1.31. The van der Waals surface area contributed by atoms with E-state index >= 15 is 0 Å². The highest BCUT2D eigenvalue weighted by Crippen LogP contribution is 2.23. The molecule has 6 nitrogen and oxygen atoms in total. The van der Waals surface area contributed by atoms with Crippen molar-refractivity contribution in [3.05, 3.63) is 28.8 Å². The molecule has 2 fully saturated rings. The van der Waals surface area contributed by atoms with Gasteiger partial charge >= 0.3 is 0 Å². The predicted molar refractivity (Wildman–Crippen MR) is 101 cm³/mol. The van der Waals surface area contributed by atoms with Gasteiger partial charge in [-0.3, -0.25) is 9.69 Å². The van der Waals surface area contributed by atoms with Gasteiger partial charge in [0.15, 0.2) is 16.4 Å². The molecule has 3 rings (SSSR count). The third-order valence-electron chi connectivity index (χ3n) is 5.02. The Morgan fingerprint density at radius 1 is 1.27 bits per heavy atom. The van der Waals surface area contributed by atoms with Crippen LogP contribution in [0.15, 0.2) is 18.2 Å². The summed E-state index contributed by atoms with van der Waals surface area (Å²) in [4.78, 5) is 14.5. The van der Waals surface area contributed by atoms with Crippen LogP contribution in [0, 0.1) is 6.92 Å². The molecule has 0 radical (unpaired) electrons. The van der Waals surface area contributed by atoms with Crippen LogP contribution < -0.4 is 10.1 Å². The highest BCUT2D eigenvalue weighted by atomic mass is 35.5. The highest BCUT2D eigenvalue weighted by Gasteiger charge is 2.41. The summed E-state index contributed by atoms with van der Waals surface area (Å²) in [5, 5.41) is 3.48. The first-order valence-corrected chi connectivity index (χ1v) is 11.2. The Balaban J connectivity index is 1.59. The minimum absolute atomic E-state index is 0.000120. The largest absolute Gasteiger partial charge is 0.484 e. The molecule has 0 spiro atoms. The molecule has 0 aliphatic carbocycles. The maximum atomic E-state index is 12.3. The number of piperidine rings is 1. The highest BCUT2D eigenvalue weighted by molar-refractivity contribution is 7.91. The molecule has 144 valence electrons. The average Bonchev–Trinajstić information content (AvgIpc) is 2.89. The lowest BCUT2D eigenvalue weighted by atomic mass is 10.0. The molecule has 1 amide bonds. The van der Waals surface area contributed by atoms with E-state index in [1.54, 1.807) is 18.2 Å².